The lowest BCUT2D eigenvalue weighted by atomic mass is 9.99. The summed E-state index contributed by atoms with van der Waals surface area (Å²) in [6.07, 6.45) is 0. The Kier molecular flexibility index (Phi) is 5.48. The average molecular weight is 460 g/mol. The number of methoxy groups -OCH3 is 1. The molecular formula is C23H16ClF2NO5. The molecular weight excluding hydrogens is 444 g/mol. The fourth-order valence-electron chi connectivity index (χ4n) is 3.59. The Morgan fingerprint density at radius 2 is 1.88 bits per heavy atom. The Balaban J connectivity index is 1.98. The number of anilines is 1. The van der Waals surface area contributed by atoms with Gasteiger partial charge in [0, 0.05) is 11.6 Å². The molecule has 0 saturated carbocycles. The first-order valence-corrected chi connectivity index (χ1v) is 9.77. The molecule has 2 aromatic carbocycles. The number of halogens is 3. The number of benzene rings is 2. The first kappa shape index (κ1) is 21.6. The van der Waals surface area contributed by atoms with Gasteiger partial charge in [0.05, 0.1) is 23.4 Å². The third kappa shape index (κ3) is 3.52. The van der Waals surface area contributed by atoms with Crippen LogP contribution in [0.1, 0.15) is 23.1 Å². The van der Waals surface area contributed by atoms with Crippen molar-refractivity contribution in [2.75, 3.05) is 12.0 Å². The maximum absolute atomic E-state index is 14.6. The van der Waals surface area contributed by atoms with Crippen molar-refractivity contribution in [2.24, 2.45) is 0 Å². The van der Waals surface area contributed by atoms with E-state index in [2.05, 4.69) is 0 Å². The van der Waals surface area contributed by atoms with Crippen LogP contribution >= 0.6 is 11.6 Å². The van der Waals surface area contributed by atoms with E-state index >= 15 is 0 Å². The highest BCUT2D eigenvalue weighted by Crippen LogP contribution is 2.44. The second-order valence-corrected chi connectivity index (χ2v) is 7.47. The van der Waals surface area contributed by atoms with Crippen LogP contribution in [0.4, 0.5) is 14.5 Å². The van der Waals surface area contributed by atoms with E-state index in [1.165, 1.54) is 25.3 Å². The lowest BCUT2D eigenvalue weighted by Gasteiger charge is -2.24. The van der Waals surface area contributed by atoms with Crippen LogP contribution in [-0.4, -0.2) is 23.9 Å². The van der Waals surface area contributed by atoms with Gasteiger partial charge in [0.2, 0.25) is 0 Å². The minimum absolute atomic E-state index is 0.0388. The number of Topliss-reactive ketones (excluding diaryl/α,β-unsaturated/α-hetero) is 1. The summed E-state index contributed by atoms with van der Waals surface area (Å²) in [6, 6.07) is 8.78. The molecule has 0 aliphatic carbocycles. The van der Waals surface area contributed by atoms with Crippen LogP contribution in [0.5, 0.6) is 5.75 Å². The zero-order valence-electron chi connectivity index (χ0n) is 16.9. The van der Waals surface area contributed by atoms with Crippen molar-refractivity contribution in [1.82, 2.24) is 0 Å². The standard InChI is InChI=1S/C23H16ClF2NO5/c1-11-3-8-18(32-11)20-19(21(28)14-10-13(31-2)5-6-15(14)24)22(29)23(30)27(20)17-7-4-12(25)9-16(17)26/h3-10,20,28H,1-2H3/b21-19-. The van der Waals surface area contributed by atoms with E-state index in [1.54, 1.807) is 19.1 Å². The van der Waals surface area contributed by atoms with Crippen molar-refractivity contribution >= 4 is 34.7 Å². The van der Waals surface area contributed by atoms with Gasteiger partial charge in [0.1, 0.15) is 40.7 Å². The van der Waals surface area contributed by atoms with E-state index in [9.17, 15) is 23.5 Å². The van der Waals surface area contributed by atoms with Crippen molar-refractivity contribution in [3.05, 3.63) is 87.8 Å². The molecule has 3 aromatic rings. The lowest BCUT2D eigenvalue weighted by molar-refractivity contribution is -0.132. The molecule has 1 aliphatic rings. The molecule has 1 aromatic heterocycles. The molecule has 1 unspecified atom stereocenters. The molecule has 1 fully saturated rings. The molecule has 0 spiro atoms. The summed E-state index contributed by atoms with van der Waals surface area (Å²) in [6.45, 7) is 1.65. The maximum atomic E-state index is 14.6. The summed E-state index contributed by atoms with van der Waals surface area (Å²) >= 11 is 6.22. The summed E-state index contributed by atoms with van der Waals surface area (Å²) in [5.74, 6) is -3.78. The average Bonchev–Trinajstić information content (AvgIpc) is 3.29. The highest BCUT2D eigenvalue weighted by molar-refractivity contribution is 6.52. The van der Waals surface area contributed by atoms with E-state index in [0.717, 1.165) is 17.0 Å². The molecule has 32 heavy (non-hydrogen) atoms. The van der Waals surface area contributed by atoms with Crippen LogP contribution in [0.2, 0.25) is 5.02 Å². The van der Waals surface area contributed by atoms with Gasteiger partial charge < -0.3 is 14.3 Å². The zero-order chi connectivity index (χ0) is 23.2. The summed E-state index contributed by atoms with van der Waals surface area (Å²) in [5.41, 5.74) is -0.663. The zero-order valence-corrected chi connectivity index (χ0v) is 17.6. The predicted octanol–water partition coefficient (Wildman–Crippen LogP) is 5.15. The number of carbonyl (C=O) groups excluding carboxylic acids is 2. The summed E-state index contributed by atoms with van der Waals surface area (Å²) in [7, 11) is 1.41. The van der Waals surface area contributed by atoms with Gasteiger partial charge in [-0.2, -0.15) is 0 Å². The Labute approximate surface area is 186 Å². The normalized spacial score (nSPS) is 17.8. The van der Waals surface area contributed by atoms with Crippen LogP contribution in [0.25, 0.3) is 5.76 Å². The number of ether oxygens (including phenoxy) is 1. The minimum atomic E-state index is -1.31. The number of aliphatic hydroxyl groups is 1. The van der Waals surface area contributed by atoms with E-state index in [4.69, 9.17) is 20.8 Å². The quantitative estimate of drug-likeness (QED) is 0.331. The summed E-state index contributed by atoms with van der Waals surface area (Å²) in [5, 5.41) is 11.2. The van der Waals surface area contributed by atoms with Crippen molar-refractivity contribution in [1.29, 1.82) is 0 Å². The Hall–Kier alpha value is -3.65. The Morgan fingerprint density at radius 3 is 2.50 bits per heavy atom. The number of ketones is 1. The van der Waals surface area contributed by atoms with Crippen LogP contribution in [0.15, 0.2) is 58.5 Å². The number of hydrogen-bond acceptors (Lipinski definition) is 5. The molecule has 9 heteroatoms. The monoisotopic (exact) mass is 459 g/mol. The molecule has 0 bridgehead atoms. The SMILES string of the molecule is COc1ccc(Cl)c(/C(O)=C2/C(=O)C(=O)N(c3ccc(F)cc3F)C2c2ccc(C)o2)c1. The van der Waals surface area contributed by atoms with Crippen LogP contribution in [0.3, 0.4) is 0 Å². The van der Waals surface area contributed by atoms with Gasteiger partial charge in [-0.15, -0.1) is 0 Å². The number of aryl methyl sites for hydroxylation is 1. The number of rotatable bonds is 4. The number of amides is 1. The van der Waals surface area contributed by atoms with Crippen LogP contribution < -0.4 is 9.64 Å². The van der Waals surface area contributed by atoms with Gasteiger partial charge in [0.25, 0.3) is 11.7 Å². The number of nitrogens with zero attached hydrogens (tertiary/aromatic N) is 1. The molecule has 1 amide bonds. The predicted molar refractivity (Wildman–Crippen MR) is 113 cm³/mol. The summed E-state index contributed by atoms with van der Waals surface area (Å²) < 4.78 is 38.9. The number of aliphatic hydroxyl groups excluding tert-OH is 1. The lowest BCUT2D eigenvalue weighted by Crippen LogP contribution is -2.30. The van der Waals surface area contributed by atoms with Crippen molar-refractivity contribution in [3.8, 4) is 5.75 Å². The van der Waals surface area contributed by atoms with Gasteiger partial charge in [0.15, 0.2) is 0 Å². The Bertz CT molecular complexity index is 1280. The molecule has 1 atom stereocenters. The van der Waals surface area contributed by atoms with E-state index in [0.29, 0.717) is 17.6 Å². The maximum Gasteiger partial charge on any atom is 0.300 e. The minimum Gasteiger partial charge on any atom is -0.507 e. The largest absolute Gasteiger partial charge is 0.507 e. The van der Waals surface area contributed by atoms with Gasteiger partial charge in [-0.25, -0.2) is 8.78 Å². The first-order chi connectivity index (χ1) is 15.2. The van der Waals surface area contributed by atoms with E-state index < -0.39 is 35.1 Å². The number of furan rings is 1. The second kappa shape index (κ2) is 8.12. The fourth-order valence-corrected chi connectivity index (χ4v) is 3.79. The topological polar surface area (TPSA) is 80.0 Å². The van der Waals surface area contributed by atoms with Crippen molar-refractivity contribution in [2.45, 2.75) is 13.0 Å². The third-order valence-corrected chi connectivity index (χ3v) is 5.40. The molecule has 1 saturated heterocycles. The smallest absolute Gasteiger partial charge is 0.300 e. The van der Waals surface area contributed by atoms with Gasteiger partial charge in [-0.05, 0) is 49.4 Å². The van der Waals surface area contributed by atoms with Crippen LogP contribution in [-0.2, 0) is 9.59 Å². The fraction of sp³-hybridized carbons (Fsp3) is 0.130. The number of carbonyl (C=O) groups is 2. The van der Waals surface area contributed by atoms with Gasteiger partial charge in [-0.3, -0.25) is 14.5 Å². The van der Waals surface area contributed by atoms with Gasteiger partial charge >= 0.3 is 0 Å². The van der Waals surface area contributed by atoms with Crippen molar-refractivity contribution in [3.63, 3.8) is 0 Å². The molecule has 4 rings (SSSR count). The molecule has 0 radical (unpaired) electrons. The summed E-state index contributed by atoms with van der Waals surface area (Å²) in [4.78, 5) is 26.8. The highest BCUT2D eigenvalue weighted by Gasteiger charge is 2.49. The number of hydrogen-bond donors (Lipinski definition) is 1. The third-order valence-electron chi connectivity index (χ3n) is 5.07. The second-order valence-electron chi connectivity index (χ2n) is 7.06. The molecule has 6 nitrogen and oxygen atoms in total. The highest BCUT2D eigenvalue weighted by atomic mass is 35.5. The van der Waals surface area contributed by atoms with E-state index in [-0.39, 0.29) is 27.6 Å². The van der Waals surface area contributed by atoms with Crippen LogP contribution in [0, 0.1) is 18.6 Å². The molecule has 164 valence electrons. The molecule has 1 aliphatic heterocycles. The molecule has 1 N–H and O–H groups in total. The molecule has 2 heterocycles. The van der Waals surface area contributed by atoms with Gasteiger partial charge in [-0.1, -0.05) is 11.6 Å². The van der Waals surface area contributed by atoms with Crippen molar-refractivity contribution < 1.29 is 32.6 Å². The Morgan fingerprint density at radius 1 is 1.12 bits per heavy atom. The van der Waals surface area contributed by atoms with E-state index in [1.807, 2.05) is 0 Å². The first-order valence-electron chi connectivity index (χ1n) is 9.39.